The van der Waals surface area contributed by atoms with Gasteiger partial charge in [0.2, 0.25) is 0 Å². The van der Waals surface area contributed by atoms with Crippen molar-refractivity contribution in [2.45, 2.75) is 106 Å². The molecular formula is C39H60O10. The Kier molecular flexibility index (Phi) is 9.88. The Balaban J connectivity index is 1.34. The van der Waals surface area contributed by atoms with E-state index in [4.69, 9.17) is 28.4 Å². The molecule has 4 aliphatic carbocycles. The Labute approximate surface area is 292 Å². The van der Waals surface area contributed by atoms with Crippen molar-refractivity contribution in [3.63, 3.8) is 0 Å². The van der Waals surface area contributed by atoms with Gasteiger partial charge in [-0.15, -0.1) is 0 Å². The molecule has 49 heavy (non-hydrogen) atoms. The van der Waals surface area contributed by atoms with Crippen LogP contribution < -0.4 is 0 Å². The van der Waals surface area contributed by atoms with Crippen LogP contribution in [0.3, 0.4) is 0 Å². The van der Waals surface area contributed by atoms with Gasteiger partial charge in [0.1, 0.15) is 11.2 Å². The Bertz CT molecular complexity index is 1280. The van der Waals surface area contributed by atoms with E-state index in [1.54, 1.807) is 0 Å². The normalized spacial score (nSPS) is 39.3. The van der Waals surface area contributed by atoms with Crippen LogP contribution in [0.2, 0.25) is 0 Å². The maximum absolute atomic E-state index is 14.0. The summed E-state index contributed by atoms with van der Waals surface area (Å²) in [4.78, 5) is 55.1. The molecular weight excluding hydrogens is 628 g/mol. The Morgan fingerprint density at radius 3 is 1.90 bits per heavy atom. The summed E-state index contributed by atoms with van der Waals surface area (Å²) < 4.78 is 35.4. The third-order valence-corrected chi connectivity index (χ3v) is 13.0. The van der Waals surface area contributed by atoms with Crippen LogP contribution in [0.1, 0.15) is 94.4 Å². The lowest BCUT2D eigenvalue weighted by molar-refractivity contribution is -0.169. The molecule has 4 saturated carbocycles. The lowest BCUT2D eigenvalue weighted by Gasteiger charge is -2.48. The molecule has 0 aromatic carbocycles. The molecule has 0 radical (unpaired) electrons. The maximum Gasteiger partial charge on any atom is 0.317 e. The first-order valence-corrected chi connectivity index (χ1v) is 18.8. The number of rotatable bonds is 6. The van der Waals surface area contributed by atoms with E-state index in [2.05, 4.69) is 6.92 Å². The number of hydrogen-bond donors (Lipinski definition) is 0. The fourth-order valence-electron chi connectivity index (χ4n) is 11.3. The van der Waals surface area contributed by atoms with Crippen LogP contribution in [0.5, 0.6) is 0 Å². The van der Waals surface area contributed by atoms with E-state index in [0.717, 1.165) is 25.7 Å². The number of esters is 4. The van der Waals surface area contributed by atoms with Gasteiger partial charge in [-0.2, -0.15) is 0 Å². The van der Waals surface area contributed by atoms with Crippen molar-refractivity contribution in [2.75, 3.05) is 39.6 Å². The predicted octanol–water partition coefficient (Wildman–Crippen LogP) is 5.63. The van der Waals surface area contributed by atoms with Gasteiger partial charge in [-0.25, -0.2) is 0 Å². The summed E-state index contributed by atoms with van der Waals surface area (Å²) in [6.07, 6.45) is 3.82. The number of cyclic esters (lactones) is 2. The van der Waals surface area contributed by atoms with Gasteiger partial charge in [-0.1, -0.05) is 6.92 Å². The molecule has 1 spiro atoms. The molecule has 11 unspecified atom stereocenters. The summed E-state index contributed by atoms with van der Waals surface area (Å²) in [5, 5.41) is 0. The van der Waals surface area contributed by atoms with Crippen molar-refractivity contribution in [2.24, 2.45) is 75.9 Å². The quantitative estimate of drug-likeness (QED) is 0.197. The number of carbonyl (C=O) groups is 4. The largest absolute Gasteiger partial charge is 0.460 e. The zero-order chi connectivity index (χ0) is 35.7. The number of ether oxygens (including phenoxy) is 6. The van der Waals surface area contributed by atoms with Crippen LogP contribution in [0, 0.1) is 75.9 Å². The molecule has 10 heteroatoms. The SMILES string of the molecule is CC1C2CC(C(=O)OC(C)(C)C)C(C2)C1C1C(=O)OC(=O)C1C1C2CC(C1CC(C)(C)C(=O)OC(C)(C)C)C1(COCCOCCOC1)C2. The molecule has 0 N–H and O–H groups in total. The zero-order valence-corrected chi connectivity index (χ0v) is 31.2. The van der Waals surface area contributed by atoms with Crippen molar-refractivity contribution in [3.8, 4) is 0 Å². The minimum absolute atomic E-state index is 0.0373. The summed E-state index contributed by atoms with van der Waals surface area (Å²) >= 11 is 0. The van der Waals surface area contributed by atoms with Crippen molar-refractivity contribution in [1.29, 1.82) is 0 Å². The first-order valence-electron chi connectivity index (χ1n) is 18.8. The molecule has 0 aromatic heterocycles. The summed E-state index contributed by atoms with van der Waals surface area (Å²) in [5.41, 5.74) is -2.35. The molecule has 0 amide bonds. The number of hydrogen-bond acceptors (Lipinski definition) is 10. The van der Waals surface area contributed by atoms with Crippen LogP contribution >= 0.6 is 0 Å². The van der Waals surface area contributed by atoms with Gasteiger partial charge in [-0.3, -0.25) is 19.2 Å². The highest BCUT2D eigenvalue weighted by molar-refractivity contribution is 5.97. The number of carbonyl (C=O) groups excluding carboxylic acids is 4. The highest BCUT2D eigenvalue weighted by Crippen LogP contribution is 2.68. The molecule has 4 bridgehead atoms. The second-order valence-corrected chi connectivity index (χ2v) is 19.0. The van der Waals surface area contributed by atoms with E-state index < -0.39 is 40.4 Å². The second kappa shape index (κ2) is 13.2. The van der Waals surface area contributed by atoms with Gasteiger partial charge in [0.05, 0.1) is 62.8 Å². The predicted molar refractivity (Wildman–Crippen MR) is 179 cm³/mol. The summed E-state index contributed by atoms with van der Waals surface area (Å²) in [6, 6.07) is 0. The van der Waals surface area contributed by atoms with E-state index >= 15 is 0 Å². The van der Waals surface area contributed by atoms with Crippen LogP contribution in [0.4, 0.5) is 0 Å². The molecule has 10 nitrogen and oxygen atoms in total. The summed E-state index contributed by atoms with van der Waals surface area (Å²) in [7, 11) is 0. The van der Waals surface area contributed by atoms with Gasteiger partial charge in [0, 0.05) is 5.41 Å². The average molecular weight is 689 g/mol. The van der Waals surface area contributed by atoms with Crippen molar-refractivity contribution < 1.29 is 47.6 Å². The molecule has 276 valence electrons. The van der Waals surface area contributed by atoms with Crippen LogP contribution in [-0.2, 0) is 47.6 Å². The molecule has 11 atom stereocenters. The Morgan fingerprint density at radius 2 is 1.33 bits per heavy atom. The minimum atomic E-state index is -0.836. The van der Waals surface area contributed by atoms with Gasteiger partial charge in [-0.05, 0) is 135 Å². The smallest absolute Gasteiger partial charge is 0.317 e. The van der Waals surface area contributed by atoms with Crippen molar-refractivity contribution >= 4 is 23.9 Å². The third-order valence-electron chi connectivity index (χ3n) is 13.0. The van der Waals surface area contributed by atoms with E-state index in [9.17, 15) is 19.2 Å². The van der Waals surface area contributed by atoms with Gasteiger partial charge in [0.25, 0.3) is 0 Å². The third kappa shape index (κ3) is 7.09. The van der Waals surface area contributed by atoms with E-state index in [0.29, 0.717) is 52.0 Å². The van der Waals surface area contributed by atoms with Gasteiger partial charge < -0.3 is 28.4 Å². The summed E-state index contributed by atoms with van der Waals surface area (Å²) in [5.74, 6) is -2.56. The molecule has 2 heterocycles. The summed E-state index contributed by atoms with van der Waals surface area (Å²) in [6.45, 7) is 20.4. The van der Waals surface area contributed by atoms with Gasteiger partial charge in [0.15, 0.2) is 0 Å². The fourth-order valence-corrected chi connectivity index (χ4v) is 11.3. The molecule has 6 fully saturated rings. The molecule has 6 aliphatic rings. The van der Waals surface area contributed by atoms with Crippen molar-refractivity contribution in [3.05, 3.63) is 0 Å². The van der Waals surface area contributed by atoms with E-state index in [1.807, 2.05) is 55.4 Å². The Hall–Kier alpha value is -2.04. The minimum Gasteiger partial charge on any atom is -0.460 e. The molecule has 2 saturated heterocycles. The lowest BCUT2D eigenvalue weighted by Crippen LogP contribution is -2.50. The molecule has 0 aromatic rings. The topological polar surface area (TPSA) is 124 Å². The highest BCUT2D eigenvalue weighted by atomic mass is 16.6. The monoisotopic (exact) mass is 688 g/mol. The molecule has 6 rings (SSSR count). The fraction of sp³-hybridized carbons (Fsp3) is 0.897. The van der Waals surface area contributed by atoms with Crippen LogP contribution in [0.25, 0.3) is 0 Å². The maximum atomic E-state index is 14.0. The average Bonchev–Trinajstić information content (AvgIpc) is 3.77. The zero-order valence-electron chi connectivity index (χ0n) is 31.2. The second-order valence-electron chi connectivity index (χ2n) is 19.0. The van der Waals surface area contributed by atoms with Crippen LogP contribution in [0.15, 0.2) is 0 Å². The first-order chi connectivity index (χ1) is 22.8. The molecule has 2 aliphatic heterocycles. The van der Waals surface area contributed by atoms with E-state index in [1.165, 1.54) is 0 Å². The first kappa shape index (κ1) is 36.7. The Morgan fingerprint density at radius 1 is 0.755 bits per heavy atom. The number of fused-ring (bicyclic) bond motifs is 5. The standard InChI is InChI=1S/C39H60O10/c1-21-22-14-24(25(15-22)32(40)48-36(2,3)4)28(21)30-31(34(42)47-33(30)41)29-23-16-27(26(29)18-38(8,9)35(43)49-37(5,6)7)39(17-23)19-45-12-10-44-11-13-46-20-39/h21-31H,10-20H2,1-9H3. The van der Waals surface area contributed by atoms with Crippen molar-refractivity contribution in [1.82, 2.24) is 0 Å². The highest BCUT2D eigenvalue weighted by Gasteiger charge is 2.69. The van der Waals surface area contributed by atoms with Crippen LogP contribution in [-0.4, -0.2) is 74.7 Å². The van der Waals surface area contributed by atoms with Gasteiger partial charge >= 0.3 is 23.9 Å². The van der Waals surface area contributed by atoms with E-state index in [-0.39, 0.29) is 64.7 Å². The lowest BCUT2D eigenvalue weighted by atomic mass is 9.56.